The molecule has 2 aromatic rings. The van der Waals surface area contributed by atoms with Crippen molar-refractivity contribution in [1.29, 1.82) is 0 Å². The molecule has 174 valence electrons. The van der Waals surface area contributed by atoms with Gasteiger partial charge in [0.25, 0.3) is 0 Å². The Labute approximate surface area is 193 Å². The van der Waals surface area contributed by atoms with Crippen LogP contribution in [0.15, 0.2) is 54.6 Å². The number of rotatable bonds is 6. The van der Waals surface area contributed by atoms with Crippen molar-refractivity contribution in [1.82, 2.24) is 4.90 Å². The van der Waals surface area contributed by atoms with E-state index >= 15 is 0 Å². The van der Waals surface area contributed by atoms with Gasteiger partial charge in [-0.15, -0.1) is 0 Å². The molecule has 0 unspecified atom stereocenters. The zero-order valence-electron chi connectivity index (χ0n) is 20.3. The molecule has 0 bridgehead atoms. The smallest absolute Gasteiger partial charge is 0.410 e. The third-order valence-electron chi connectivity index (χ3n) is 6.72. The molecule has 1 fully saturated rings. The summed E-state index contributed by atoms with van der Waals surface area (Å²) in [4.78, 5) is 15.1. The summed E-state index contributed by atoms with van der Waals surface area (Å²) < 4.78 is 17.9. The summed E-state index contributed by atoms with van der Waals surface area (Å²) in [7, 11) is -0.365. The SMILES string of the molecule is COc1ccc([C@@H]2[C@H](O[Si](C)(C)C(C)(C)C)CCCN2C(=O)OCc2ccccc2)cc1. The maximum absolute atomic E-state index is 13.2. The van der Waals surface area contributed by atoms with Crippen LogP contribution in [0.3, 0.4) is 0 Å². The van der Waals surface area contributed by atoms with Crippen molar-refractivity contribution in [2.75, 3.05) is 13.7 Å². The van der Waals surface area contributed by atoms with E-state index in [9.17, 15) is 4.79 Å². The van der Waals surface area contributed by atoms with Crippen LogP contribution in [0.2, 0.25) is 18.1 Å². The minimum atomic E-state index is -2.02. The van der Waals surface area contributed by atoms with Crippen LogP contribution in [-0.4, -0.2) is 39.1 Å². The number of likely N-dealkylation sites (tertiary alicyclic amines) is 1. The molecule has 1 heterocycles. The molecule has 0 saturated carbocycles. The molecule has 32 heavy (non-hydrogen) atoms. The van der Waals surface area contributed by atoms with Crippen molar-refractivity contribution in [2.45, 2.75) is 70.5 Å². The van der Waals surface area contributed by atoms with E-state index in [2.05, 4.69) is 33.9 Å². The molecular formula is C26H37NO4Si. The molecular weight excluding hydrogens is 418 g/mol. The fourth-order valence-electron chi connectivity index (χ4n) is 3.84. The van der Waals surface area contributed by atoms with Crippen LogP contribution in [0.1, 0.15) is 50.8 Å². The van der Waals surface area contributed by atoms with Crippen molar-refractivity contribution in [3.63, 3.8) is 0 Å². The monoisotopic (exact) mass is 455 g/mol. The van der Waals surface area contributed by atoms with Crippen LogP contribution in [0.5, 0.6) is 5.75 Å². The first kappa shape index (κ1) is 24.3. The minimum absolute atomic E-state index is 0.0673. The number of amides is 1. The molecule has 0 spiro atoms. The Balaban J connectivity index is 1.86. The van der Waals surface area contributed by atoms with Gasteiger partial charge >= 0.3 is 6.09 Å². The zero-order chi connectivity index (χ0) is 23.4. The van der Waals surface area contributed by atoms with Crippen LogP contribution >= 0.6 is 0 Å². The lowest BCUT2D eigenvalue weighted by atomic mass is 9.93. The molecule has 0 N–H and O–H groups in total. The fourth-order valence-corrected chi connectivity index (χ4v) is 5.20. The molecule has 5 nitrogen and oxygen atoms in total. The minimum Gasteiger partial charge on any atom is -0.497 e. The number of hydrogen-bond acceptors (Lipinski definition) is 4. The second kappa shape index (κ2) is 10.1. The first-order chi connectivity index (χ1) is 15.1. The molecule has 2 aromatic carbocycles. The van der Waals surface area contributed by atoms with Gasteiger partial charge in [-0.2, -0.15) is 0 Å². The summed E-state index contributed by atoms with van der Waals surface area (Å²) in [6.45, 7) is 12.2. The van der Waals surface area contributed by atoms with E-state index in [4.69, 9.17) is 13.9 Å². The third kappa shape index (κ3) is 5.73. The lowest BCUT2D eigenvalue weighted by molar-refractivity contribution is 0.00802. The van der Waals surface area contributed by atoms with E-state index in [1.54, 1.807) is 7.11 Å². The second-order valence-electron chi connectivity index (χ2n) is 10.0. The van der Waals surface area contributed by atoms with Gasteiger partial charge in [0.1, 0.15) is 12.4 Å². The highest BCUT2D eigenvalue weighted by Crippen LogP contribution is 2.42. The molecule has 0 aromatic heterocycles. The van der Waals surface area contributed by atoms with E-state index in [0.717, 1.165) is 29.7 Å². The maximum atomic E-state index is 13.2. The first-order valence-electron chi connectivity index (χ1n) is 11.4. The number of methoxy groups -OCH3 is 1. The summed E-state index contributed by atoms with van der Waals surface area (Å²) in [5, 5.41) is 0.0908. The van der Waals surface area contributed by atoms with E-state index in [1.165, 1.54) is 0 Å². The summed E-state index contributed by atoms with van der Waals surface area (Å²) in [5.74, 6) is 0.796. The lowest BCUT2D eigenvalue weighted by Gasteiger charge is -2.46. The van der Waals surface area contributed by atoms with Crippen LogP contribution in [0.4, 0.5) is 4.79 Å². The summed E-state index contributed by atoms with van der Waals surface area (Å²) in [6, 6.07) is 17.6. The highest BCUT2D eigenvalue weighted by Gasteiger charge is 2.44. The normalized spacial score (nSPS) is 19.5. The number of nitrogens with zero attached hydrogens (tertiary/aromatic N) is 1. The Morgan fingerprint density at radius 3 is 2.31 bits per heavy atom. The Kier molecular flexibility index (Phi) is 7.67. The zero-order valence-corrected chi connectivity index (χ0v) is 21.3. The van der Waals surface area contributed by atoms with Gasteiger partial charge in [0, 0.05) is 6.54 Å². The second-order valence-corrected chi connectivity index (χ2v) is 14.8. The van der Waals surface area contributed by atoms with Crippen LogP contribution < -0.4 is 4.74 Å². The fraction of sp³-hybridized carbons (Fsp3) is 0.500. The van der Waals surface area contributed by atoms with Crippen molar-refractivity contribution in [3.05, 3.63) is 65.7 Å². The molecule has 0 aliphatic carbocycles. The lowest BCUT2D eigenvalue weighted by Crippen LogP contribution is -2.52. The number of ether oxygens (including phenoxy) is 2. The summed E-state index contributed by atoms with van der Waals surface area (Å²) in [5.41, 5.74) is 2.03. The van der Waals surface area contributed by atoms with Gasteiger partial charge in [0.05, 0.1) is 19.3 Å². The Morgan fingerprint density at radius 2 is 1.72 bits per heavy atom. The van der Waals surface area contributed by atoms with Gasteiger partial charge in [-0.25, -0.2) is 4.79 Å². The number of carbonyl (C=O) groups is 1. The maximum Gasteiger partial charge on any atom is 0.410 e. The Hall–Kier alpha value is -2.31. The molecule has 3 rings (SSSR count). The highest BCUT2D eigenvalue weighted by atomic mass is 28.4. The molecule has 2 atom stereocenters. The van der Waals surface area contributed by atoms with Crippen molar-refractivity contribution in [3.8, 4) is 5.75 Å². The predicted molar refractivity (Wildman–Crippen MR) is 130 cm³/mol. The summed E-state index contributed by atoms with van der Waals surface area (Å²) in [6.07, 6.45) is 1.46. The van der Waals surface area contributed by atoms with E-state index < -0.39 is 8.32 Å². The molecule has 1 amide bonds. The van der Waals surface area contributed by atoms with Crippen molar-refractivity contribution >= 4 is 14.4 Å². The summed E-state index contributed by atoms with van der Waals surface area (Å²) >= 11 is 0. The number of piperidine rings is 1. The van der Waals surface area contributed by atoms with Gasteiger partial charge in [0.2, 0.25) is 0 Å². The van der Waals surface area contributed by atoms with Crippen LogP contribution in [-0.2, 0) is 15.8 Å². The van der Waals surface area contributed by atoms with Gasteiger partial charge in [-0.1, -0.05) is 63.2 Å². The average molecular weight is 456 g/mol. The number of benzene rings is 2. The van der Waals surface area contributed by atoms with Gasteiger partial charge in [0.15, 0.2) is 8.32 Å². The van der Waals surface area contributed by atoms with Crippen molar-refractivity contribution < 1.29 is 18.7 Å². The topological polar surface area (TPSA) is 48.0 Å². The van der Waals surface area contributed by atoms with Crippen molar-refractivity contribution in [2.24, 2.45) is 0 Å². The van der Waals surface area contributed by atoms with Gasteiger partial charge in [-0.3, -0.25) is 4.90 Å². The van der Waals surface area contributed by atoms with Gasteiger partial charge in [-0.05, 0) is 54.2 Å². The number of hydrogen-bond donors (Lipinski definition) is 0. The Morgan fingerprint density at radius 1 is 1.06 bits per heavy atom. The first-order valence-corrected chi connectivity index (χ1v) is 14.3. The molecule has 1 saturated heterocycles. The standard InChI is InChI=1S/C26H37NO4Si/c1-26(2,3)32(5,6)31-23-13-10-18-27(24(23)21-14-16-22(29-4)17-15-21)25(28)30-19-20-11-8-7-9-12-20/h7-9,11-12,14-17,23-24H,10,13,18-19H2,1-6H3/t23-,24-/m1/s1. The Bertz CT molecular complexity index is 877. The quantitative estimate of drug-likeness (QED) is 0.463. The molecule has 1 aliphatic heterocycles. The number of carbonyl (C=O) groups excluding carboxylic acids is 1. The van der Waals surface area contributed by atoms with E-state index in [0.29, 0.717) is 6.54 Å². The largest absolute Gasteiger partial charge is 0.497 e. The highest BCUT2D eigenvalue weighted by molar-refractivity contribution is 6.74. The molecule has 6 heteroatoms. The third-order valence-corrected chi connectivity index (χ3v) is 11.2. The molecule has 0 radical (unpaired) electrons. The van der Waals surface area contributed by atoms with Crippen LogP contribution in [0.25, 0.3) is 0 Å². The van der Waals surface area contributed by atoms with E-state index in [-0.39, 0.29) is 29.9 Å². The molecule has 1 aliphatic rings. The average Bonchev–Trinajstić information content (AvgIpc) is 2.77. The van der Waals surface area contributed by atoms with Crippen LogP contribution in [0, 0.1) is 0 Å². The van der Waals surface area contributed by atoms with Gasteiger partial charge < -0.3 is 13.9 Å². The van der Waals surface area contributed by atoms with E-state index in [1.807, 2.05) is 59.5 Å². The predicted octanol–water partition coefficient (Wildman–Crippen LogP) is 6.56.